The van der Waals surface area contributed by atoms with Crippen molar-refractivity contribution >= 4 is 5.91 Å². The van der Waals surface area contributed by atoms with Gasteiger partial charge in [0.2, 0.25) is 5.91 Å². The van der Waals surface area contributed by atoms with E-state index in [-0.39, 0.29) is 11.5 Å². The number of hydrogen-bond acceptors (Lipinski definition) is 4. The first-order valence-corrected chi connectivity index (χ1v) is 10.3. The van der Waals surface area contributed by atoms with Crippen molar-refractivity contribution in [2.75, 3.05) is 13.2 Å². The van der Waals surface area contributed by atoms with Gasteiger partial charge in [0.25, 0.3) is 0 Å². The molecule has 5 rings (SSSR count). The molecule has 150 valence electrons. The van der Waals surface area contributed by atoms with Gasteiger partial charge in [0.05, 0.1) is 17.9 Å². The van der Waals surface area contributed by atoms with E-state index in [4.69, 9.17) is 10.5 Å². The molecule has 4 aliphatic rings. The highest BCUT2D eigenvalue weighted by Gasteiger charge is 2.60. The van der Waals surface area contributed by atoms with Crippen molar-refractivity contribution in [2.45, 2.75) is 77.9 Å². The van der Waals surface area contributed by atoms with Crippen LogP contribution in [0.1, 0.15) is 75.4 Å². The Hall–Kier alpha value is -1.40. The van der Waals surface area contributed by atoms with Crippen LogP contribution in [-0.4, -0.2) is 34.9 Å². The Balaban J connectivity index is 1.31. The largest absolute Gasteiger partial charge is 0.373 e. The Morgan fingerprint density at radius 2 is 1.93 bits per heavy atom. The fourth-order valence-corrected chi connectivity index (χ4v) is 7.20. The van der Waals surface area contributed by atoms with Crippen LogP contribution in [0, 0.1) is 30.6 Å². The van der Waals surface area contributed by atoms with Crippen molar-refractivity contribution in [3.8, 4) is 0 Å². The first-order valence-electron chi connectivity index (χ1n) is 10.3. The lowest BCUT2D eigenvalue weighted by molar-refractivity contribution is -0.213. The van der Waals surface area contributed by atoms with E-state index >= 15 is 0 Å². The number of aromatic nitrogens is 2. The number of aromatic amines is 1. The summed E-state index contributed by atoms with van der Waals surface area (Å²) in [4.78, 5) is 12.4. The molecule has 6 heteroatoms. The minimum atomic E-state index is -0.693. The minimum absolute atomic E-state index is 0.0213. The fourth-order valence-electron chi connectivity index (χ4n) is 7.20. The third-order valence-corrected chi connectivity index (χ3v) is 7.16. The van der Waals surface area contributed by atoms with E-state index in [1.54, 1.807) is 0 Å². The summed E-state index contributed by atoms with van der Waals surface area (Å²) < 4.78 is 6.47. The molecule has 1 aromatic rings. The summed E-state index contributed by atoms with van der Waals surface area (Å²) in [5, 5.41) is 9.96. The predicted molar refractivity (Wildman–Crippen MR) is 104 cm³/mol. The van der Waals surface area contributed by atoms with Gasteiger partial charge in [-0.05, 0) is 69.1 Å². The van der Waals surface area contributed by atoms with Crippen LogP contribution in [0.5, 0.6) is 0 Å². The SMILES string of the molecule is Cc1n[nH]c(C)c1[C@@H](N)C(=O)NCCOC12CC3C[C@@](C)(C1)C[C@](C)(C3)C2. The molecule has 1 amide bonds. The van der Waals surface area contributed by atoms with Crippen molar-refractivity contribution < 1.29 is 9.53 Å². The normalized spacial score (nSPS) is 38.2. The molecule has 0 aromatic carbocycles. The molecule has 4 N–H and O–H groups in total. The maximum Gasteiger partial charge on any atom is 0.241 e. The van der Waals surface area contributed by atoms with E-state index in [1.807, 2.05) is 13.8 Å². The molecule has 0 radical (unpaired) electrons. The monoisotopic (exact) mass is 374 g/mol. The zero-order valence-corrected chi connectivity index (χ0v) is 17.2. The second-order valence-corrected chi connectivity index (χ2v) is 10.3. The summed E-state index contributed by atoms with van der Waals surface area (Å²) in [5.74, 6) is 0.641. The number of nitrogens with zero attached hydrogens (tertiary/aromatic N) is 1. The number of hydrogen-bond donors (Lipinski definition) is 3. The lowest BCUT2D eigenvalue weighted by Crippen LogP contribution is -2.59. The molecule has 5 atom stereocenters. The van der Waals surface area contributed by atoms with Crippen molar-refractivity contribution in [2.24, 2.45) is 22.5 Å². The molecule has 1 aromatic heterocycles. The van der Waals surface area contributed by atoms with E-state index in [0.717, 1.165) is 22.9 Å². The fraction of sp³-hybridized carbons (Fsp3) is 0.810. The van der Waals surface area contributed by atoms with Gasteiger partial charge < -0.3 is 15.8 Å². The standard InChI is InChI=1S/C21H34N4O2/c1-13-16(14(2)25-24-13)17(22)18(26)23-5-6-27-21-9-15-7-19(3,11-21)10-20(4,8-15)12-21/h15,17H,5-12,22H2,1-4H3,(H,23,26)(H,24,25)/t15?,17-,19-,20+,21?/m1/s1. The first-order chi connectivity index (χ1) is 12.6. The summed E-state index contributed by atoms with van der Waals surface area (Å²) in [6.07, 6.45) is 7.61. The predicted octanol–water partition coefficient (Wildman–Crippen LogP) is 2.91. The number of aryl methyl sites for hydroxylation is 2. The van der Waals surface area contributed by atoms with Crippen LogP contribution in [-0.2, 0) is 9.53 Å². The summed E-state index contributed by atoms with van der Waals surface area (Å²) in [6, 6.07) is -0.693. The van der Waals surface area contributed by atoms with Crippen molar-refractivity contribution in [3.05, 3.63) is 17.0 Å². The molecule has 4 saturated carbocycles. The number of ether oxygens (including phenoxy) is 1. The van der Waals surface area contributed by atoms with E-state index in [1.165, 1.54) is 38.5 Å². The Kier molecular flexibility index (Phi) is 4.43. The van der Waals surface area contributed by atoms with Gasteiger partial charge in [0, 0.05) is 17.8 Å². The van der Waals surface area contributed by atoms with Gasteiger partial charge in [-0.2, -0.15) is 5.10 Å². The smallest absolute Gasteiger partial charge is 0.241 e. The molecule has 27 heavy (non-hydrogen) atoms. The number of H-pyrrole nitrogens is 1. The van der Waals surface area contributed by atoms with Gasteiger partial charge in [0.1, 0.15) is 6.04 Å². The number of nitrogens with two attached hydrogens (primary N) is 1. The molecule has 1 heterocycles. The average Bonchev–Trinajstić information content (AvgIpc) is 2.86. The second-order valence-electron chi connectivity index (χ2n) is 10.3. The zero-order chi connectivity index (χ0) is 19.4. The third kappa shape index (κ3) is 3.42. The molecule has 4 aliphatic carbocycles. The maximum absolute atomic E-state index is 12.4. The molecule has 0 spiro atoms. The van der Waals surface area contributed by atoms with Gasteiger partial charge in [-0.25, -0.2) is 0 Å². The molecule has 0 saturated heterocycles. The summed E-state index contributed by atoms with van der Waals surface area (Å²) in [5.41, 5.74) is 9.45. The second kappa shape index (κ2) is 6.31. The average molecular weight is 375 g/mol. The quantitative estimate of drug-likeness (QED) is 0.668. The maximum atomic E-state index is 12.4. The Morgan fingerprint density at radius 1 is 1.26 bits per heavy atom. The van der Waals surface area contributed by atoms with Crippen molar-refractivity contribution in [1.29, 1.82) is 0 Å². The van der Waals surface area contributed by atoms with Gasteiger partial charge >= 0.3 is 0 Å². The number of nitrogens with one attached hydrogen (secondary N) is 2. The topological polar surface area (TPSA) is 93.0 Å². The molecule has 4 bridgehead atoms. The third-order valence-electron chi connectivity index (χ3n) is 7.16. The lowest BCUT2D eigenvalue weighted by atomic mass is 9.43. The molecular formula is C21H34N4O2. The highest BCUT2D eigenvalue weighted by molar-refractivity contribution is 5.83. The van der Waals surface area contributed by atoms with Gasteiger partial charge in [-0.15, -0.1) is 0 Å². The van der Waals surface area contributed by atoms with Gasteiger partial charge in [0.15, 0.2) is 0 Å². The number of carbonyl (C=O) groups is 1. The Bertz CT molecular complexity index is 705. The summed E-state index contributed by atoms with van der Waals surface area (Å²) >= 11 is 0. The molecule has 2 unspecified atom stereocenters. The van der Waals surface area contributed by atoms with Crippen LogP contribution in [0.2, 0.25) is 0 Å². The van der Waals surface area contributed by atoms with Crippen LogP contribution >= 0.6 is 0 Å². The van der Waals surface area contributed by atoms with E-state index < -0.39 is 6.04 Å². The summed E-state index contributed by atoms with van der Waals surface area (Å²) in [7, 11) is 0. The highest BCUT2D eigenvalue weighted by atomic mass is 16.5. The Morgan fingerprint density at radius 3 is 2.48 bits per heavy atom. The first kappa shape index (κ1) is 18.9. The minimum Gasteiger partial charge on any atom is -0.373 e. The van der Waals surface area contributed by atoms with Crippen molar-refractivity contribution in [3.63, 3.8) is 0 Å². The lowest BCUT2D eigenvalue weighted by Gasteiger charge is -2.65. The van der Waals surface area contributed by atoms with Crippen LogP contribution < -0.4 is 11.1 Å². The highest BCUT2D eigenvalue weighted by Crippen LogP contribution is 2.67. The molecule has 6 nitrogen and oxygen atoms in total. The van der Waals surface area contributed by atoms with Crippen LogP contribution in [0.3, 0.4) is 0 Å². The van der Waals surface area contributed by atoms with E-state index in [9.17, 15) is 4.79 Å². The molecular weight excluding hydrogens is 340 g/mol. The zero-order valence-electron chi connectivity index (χ0n) is 17.2. The van der Waals surface area contributed by atoms with Crippen molar-refractivity contribution in [1.82, 2.24) is 15.5 Å². The van der Waals surface area contributed by atoms with Gasteiger partial charge in [-0.3, -0.25) is 9.89 Å². The Labute approximate surface area is 162 Å². The molecule has 0 aliphatic heterocycles. The van der Waals surface area contributed by atoms with E-state index in [0.29, 0.717) is 24.0 Å². The number of rotatable bonds is 6. The molecule has 4 fully saturated rings. The van der Waals surface area contributed by atoms with Crippen LogP contribution in [0.4, 0.5) is 0 Å². The van der Waals surface area contributed by atoms with E-state index in [2.05, 4.69) is 29.4 Å². The van der Waals surface area contributed by atoms with Gasteiger partial charge in [-0.1, -0.05) is 13.8 Å². The number of carbonyl (C=O) groups excluding carboxylic acids is 1. The summed E-state index contributed by atoms with van der Waals surface area (Å²) in [6.45, 7) is 9.71. The van der Waals surface area contributed by atoms with Crippen LogP contribution in [0.15, 0.2) is 0 Å². The number of amides is 1. The van der Waals surface area contributed by atoms with Crippen LogP contribution in [0.25, 0.3) is 0 Å².